The second-order valence-corrected chi connectivity index (χ2v) is 5.94. The molecule has 0 amide bonds. The van der Waals surface area contributed by atoms with Crippen molar-refractivity contribution in [2.45, 2.75) is 25.4 Å². The van der Waals surface area contributed by atoms with E-state index in [4.69, 9.17) is 9.47 Å². The molecule has 0 bridgehead atoms. The van der Waals surface area contributed by atoms with E-state index in [1.807, 2.05) is 0 Å². The lowest BCUT2D eigenvalue weighted by Crippen LogP contribution is -2.44. The zero-order valence-electron chi connectivity index (χ0n) is 12.7. The van der Waals surface area contributed by atoms with Crippen LogP contribution in [0.3, 0.4) is 0 Å². The van der Waals surface area contributed by atoms with Crippen molar-refractivity contribution in [1.29, 1.82) is 0 Å². The van der Waals surface area contributed by atoms with Crippen molar-refractivity contribution in [3.05, 3.63) is 29.8 Å². The zero-order chi connectivity index (χ0) is 14.3. The first-order valence-corrected chi connectivity index (χ1v) is 8.16. The average molecular weight is 290 g/mol. The van der Waals surface area contributed by atoms with Crippen molar-refractivity contribution in [2.75, 3.05) is 45.9 Å². The highest BCUT2D eigenvalue weighted by atomic mass is 16.5. The molecule has 0 spiro atoms. The summed E-state index contributed by atoms with van der Waals surface area (Å²) in [6, 6.07) is 8.59. The minimum absolute atomic E-state index is 0.227. The van der Waals surface area contributed by atoms with Crippen LogP contribution < -0.4 is 10.1 Å². The molecule has 2 fully saturated rings. The molecule has 2 aliphatic rings. The molecule has 4 heteroatoms. The zero-order valence-corrected chi connectivity index (χ0v) is 12.7. The third-order valence-corrected chi connectivity index (χ3v) is 4.27. The van der Waals surface area contributed by atoms with E-state index >= 15 is 0 Å². The van der Waals surface area contributed by atoms with Crippen molar-refractivity contribution >= 4 is 0 Å². The maximum Gasteiger partial charge on any atom is 0.122 e. The Morgan fingerprint density at radius 1 is 1.19 bits per heavy atom. The Hall–Kier alpha value is -1.10. The molecule has 3 rings (SSSR count). The van der Waals surface area contributed by atoms with E-state index < -0.39 is 0 Å². The molecule has 116 valence electrons. The summed E-state index contributed by atoms with van der Waals surface area (Å²) in [5.41, 5.74) is 1.39. The first-order valence-electron chi connectivity index (χ1n) is 8.16. The quantitative estimate of drug-likeness (QED) is 0.895. The third-order valence-electron chi connectivity index (χ3n) is 4.27. The Morgan fingerprint density at radius 2 is 2.00 bits per heavy atom. The number of nitrogens with one attached hydrogen (secondary N) is 1. The molecule has 0 saturated carbocycles. The van der Waals surface area contributed by atoms with Gasteiger partial charge in [-0.2, -0.15) is 0 Å². The second kappa shape index (κ2) is 7.78. The van der Waals surface area contributed by atoms with Gasteiger partial charge in [0, 0.05) is 39.3 Å². The Balaban J connectivity index is 1.44. The molecule has 2 aliphatic heterocycles. The second-order valence-electron chi connectivity index (χ2n) is 5.94. The van der Waals surface area contributed by atoms with E-state index in [1.165, 1.54) is 18.7 Å². The van der Waals surface area contributed by atoms with E-state index in [0.717, 1.165) is 57.9 Å². The van der Waals surface area contributed by atoms with Gasteiger partial charge in [-0.3, -0.25) is 0 Å². The first kappa shape index (κ1) is 14.8. The lowest BCUT2D eigenvalue weighted by atomic mass is 10.1. The van der Waals surface area contributed by atoms with Crippen molar-refractivity contribution in [1.82, 2.24) is 10.2 Å². The molecule has 1 aromatic carbocycles. The average Bonchev–Trinajstić information content (AvgIpc) is 2.56. The Kier molecular flexibility index (Phi) is 5.49. The lowest BCUT2D eigenvalue weighted by molar-refractivity contribution is 0.00742. The van der Waals surface area contributed by atoms with E-state index in [-0.39, 0.29) is 6.10 Å². The number of benzene rings is 1. The summed E-state index contributed by atoms with van der Waals surface area (Å²) >= 11 is 0. The van der Waals surface area contributed by atoms with Gasteiger partial charge < -0.3 is 19.7 Å². The van der Waals surface area contributed by atoms with Crippen LogP contribution in [0.5, 0.6) is 5.75 Å². The first-order chi connectivity index (χ1) is 10.4. The van der Waals surface area contributed by atoms with Gasteiger partial charge in [-0.15, -0.1) is 0 Å². The van der Waals surface area contributed by atoms with Crippen molar-refractivity contribution in [3.8, 4) is 5.75 Å². The molecule has 1 aromatic rings. The number of rotatable bonds is 5. The van der Waals surface area contributed by atoms with Crippen LogP contribution in [0.15, 0.2) is 24.3 Å². The highest BCUT2D eigenvalue weighted by Gasteiger charge is 2.15. The van der Waals surface area contributed by atoms with Crippen molar-refractivity contribution in [3.63, 3.8) is 0 Å². The molecule has 0 aliphatic carbocycles. The summed E-state index contributed by atoms with van der Waals surface area (Å²) < 4.78 is 11.4. The van der Waals surface area contributed by atoms with Gasteiger partial charge in [-0.1, -0.05) is 12.1 Å². The van der Waals surface area contributed by atoms with Crippen LogP contribution in [0.25, 0.3) is 0 Å². The minimum atomic E-state index is 0.227. The predicted molar refractivity (Wildman–Crippen MR) is 83.9 cm³/mol. The smallest absolute Gasteiger partial charge is 0.122 e. The molecular weight excluding hydrogens is 264 g/mol. The monoisotopic (exact) mass is 290 g/mol. The molecule has 1 unspecified atom stereocenters. The predicted octanol–water partition coefficient (Wildman–Crippen LogP) is 1.69. The van der Waals surface area contributed by atoms with Crippen molar-refractivity contribution < 1.29 is 9.47 Å². The molecular formula is C17H26N2O2. The topological polar surface area (TPSA) is 33.7 Å². The van der Waals surface area contributed by atoms with Crippen LogP contribution >= 0.6 is 0 Å². The number of nitrogens with zero attached hydrogens (tertiary/aromatic N) is 1. The number of ether oxygens (including phenoxy) is 2. The van der Waals surface area contributed by atoms with Gasteiger partial charge in [0.2, 0.25) is 0 Å². The largest absolute Gasteiger partial charge is 0.488 e. The molecule has 1 N–H and O–H groups in total. The van der Waals surface area contributed by atoms with E-state index in [1.54, 1.807) is 0 Å². The number of hydrogen-bond donors (Lipinski definition) is 1. The van der Waals surface area contributed by atoms with Gasteiger partial charge in [-0.25, -0.2) is 0 Å². The molecule has 1 atom stereocenters. The van der Waals surface area contributed by atoms with Crippen LogP contribution in [0.2, 0.25) is 0 Å². The standard InChI is InChI=1S/C17H26N2O2/c1-2-17(14-20-13-1)21-16-5-3-15(4-6-16)7-10-19-11-8-18-9-12-19/h3-6,17-18H,1-2,7-14H2. The fraction of sp³-hybridized carbons (Fsp3) is 0.647. The third kappa shape index (κ3) is 4.70. The molecule has 21 heavy (non-hydrogen) atoms. The van der Waals surface area contributed by atoms with Crippen LogP contribution in [-0.2, 0) is 11.2 Å². The van der Waals surface area contributed by atoms with E-state index in [2.05, 4.69) is 34.5 Å². The van der Waals surface area contributed by atoms with Gasteiger partial charge in [-0.05, 0) is 37.0 Å². The van der Waals surface area contributed by atoms with Gasteiger partial charge in [0.05, 0.1) is 6.61 Å². The summed E-state index contributed by atoms with van der Waals surface area (Å²) in [6.45, 7) is 7.34. The minimum Gasteiger partial charge on any atom is -0.488 e. The Labute approximate surface area is 127 Å². The van der Waals surface area contributed by atoms with Crippen LogP contribution in [0.1, 0.15) is 18.4 Å². The van der Waals surface area contributed by atoms with E-state index in [9.17, 15) is 0 Å². The normalized spacial score (nSPS) is 23.9. The summed E-state index contributed by atoms with van der Waals surface area (Å²) in [5.74, 6) is 0.969. The maximum absolute atomic E-state index is 5.96. The van der Waals surface area contributed by atoms with Crippen molar-refractivity contribution in [2.24, 2.45) is 0 Å². The summed E-state index contributed by atoms with van der Waals surface area (Å²) in [7, 11) is 0. The van der Waals surface area contributed by atoms with Gasteiger partial charge in [0.1, 0.15) is 11.9 Å². The number of hydrogen-bond acceptors (Lipinski definition) is 4. The molecule has 2 heterocycles. The SMILES string of the molecule is c1cc(OC2CCCOC2)ccc1CCN1CCNCC1. The van der Waals surface area contributed by atoms with Crippen LogP contribution in [0, 0.1) is 0 Å². The van der Waals surface area contributed by atoms with Crippen LogP contribution in [0.4, 0.5) is 0 Å². The van der Waals surface area contributed by atoms with E-state index in [0.29, 0.717) is 0 Å². The lowest BCUT2D eigenvalue weighted by Gasteiger charge is -2.27. The fourth-order valence-corrected chi connectivity index (χ4v) is 2.95. The Morgan fingerprint density at radius 3 is 2.71 bits per heavy atom. The summed E-state index contributed by atoms with van der Waals surface area (Å²) in [5, 5.41) is 3.39. The number of piperazine rings is 1. The van der Waals surface area contributed by atoms with Gasteiger partial charge >= 0.3 is 0 Å². The highest BCUT2D eigenvalue weighted by molar-refractivity contribution is 5.27. The maximum atomic E-state index is 5.96. The Bertz CT molecular complexity index is 409. The summed E-state index contributed by atoms with van der Waals surface area (Å²) in [6.07, 6.45) is 3.55. The molecule has 0 aromatic heterocycles. The van der Waals surface area contributed by atoms with Gasteiger partial charge in [0.15, 0.2) is 0 Å². The molecule has 0 radical (unpaired) electrons. The van der Waals surface area contributed by atoms with Crippen LogP contribution in [-0.4, -0.2) is 56.9 Å². The molecule has 2 saturated heterocycles. The molecule has 4 nitrogen and oxygen atoms in total. The van der Waals surface area contributed by atoms with Gasteiger partial charge in [0.25, 0.3) is 0 Å². The summed E-state index contributed by atoms with van der Waals surface area (Å²) in [4.78, 5) is 2.53. The highest BCUT2D eigenvalue weighted by Crippen LogP contribution is 2.18. The fourth-order valence-electron chi connectivity index (χ4n) is 2.95.